The molecule has 35 heavy (non-hydrogen) atoms. The molecule has 8 heteroatoms. The van der Waals surface area contributed by atoms with Gasteiger partial charge in [-0.25, -0.2) is 4.79 Å². The number of anilines is 1. The zero-order valence-electron chi connectivity index (χ0n) is 19.1. The number of likely N-dealkylation sites (tertiary alicyclic amines) is 1. The third-order valence-electron chi connectivity index (χ3n) is 6.64. The molecule has 180 valence electrons. The highest BCUT2D eigenvalue weighted by molar-refractivity contribution is 6.31. The summed E-state index contributed by atoms with van der Waals surface area (Å²) in [6.07, 6.45) is 2.00. The lowest BCUT2D eigenvalue weighted by atomic mass is 9.76. The summed E-state index contributed by atoms with van der Waals surface area (Å²) < 4.78 is 0. The molecule has 0 aromatic heterocycles. The van der Waals surface area contributed by atoms with Crippen LogP contribution >= 0.6 is 23.2 Å². The van der Waals surface area contributed by atoms with Gasteiger partial charge in [0.15, 0.2) is 6.17 Å². The topological polar surface area (TPSA) is 73.5 Å². The van der Waals surface area contributed by atoms with Crippen molar-refractivity contribution in [1.82, 2.24) is 15.5 Å². The van der Waals surface area contributed by atoms with Crippen LogP contribution < -0.4 is 16.0 Å². The van der Waals surface area contributed by atoms with Crippen LogP contribution in [0.1, 0.15) is 36.0 Å². The van der Waals surface area contributed by atoms with Crippen molar-refractivity contribution in [2.24, 2.45) is 0 Å². The number of carbonyl (C=O) groups excluding carboxylic acids is 2. The molecule has 5 rings (SSSR count). The summed E-state index contributed by atoms with van der Waals surface area (Å²) in [7, 11) is 0. The van der Waals surface area contributed by atoms with Crippen LogP contribution in [0.2, 0.25) is 10.0 Å². The molecule has 2 heterocycles. The Labute approximate surface area is 214 Å². The first-order chi connectivity index (χ1) is 17.0. The smallest absolute Gasteiger partial charge is 0.319 e. The maximum absolute atomic E-state index is 13.4. The first-order valence-corrected chi connectivity index (χ1v) is 12.5. The Bertz CT molecular complexity index is 1250. The van der Waals surface area contributed by atoms with Gasteiger partial charge in [0.1, 0.15) is 0 Å². The number of rotatable bonds is 3. The van der Waals surface area contributed by atoms with E-state index in [1.54, 1.807) is 23.1 Å². The number of amides is 3. The lowest BCUT2D eigenvalue weighted by Crippen LogP contribution is -2.61. The fourth-order valence-corrected chi connectivity index (χ4v) is 5.33. The van der Waals surface area contributed by atoms with Crippen molar-refractivity contribution in [2.75, 3.05) is 18.4 Å². The minimum Gasteiger partial charge on any atom is -0.325 e. The SMILES string of the molecule is O=C1Nc2ccc(Cl)cc2C(c2ccccc2)(c2cccc(Cl)c2)NC1NC(=O)N1CCCCC1. The fourth-order valence-electron chi connectivity index (χ4n) is 4.97. The summed E-state index contributed by atoms with van der Waals surface area (Å²) in [4.78, 5) is 28.3. The first-order valence-electron chi connectivity index (χ1n) is 11.7. The van der Waals surface area contributed by atoms with Gasteiger partial charge < -0.3 is 15.5 Å². The normalized spacial score (nSPS) is 22.1. The number of carbonyl (C=O) groups is 2. The van der Waals surface area contributed by atoms with Gasteiger partial charge >= 0.3 is 6.03 Å². The van der Waals surface area contributed by atoms with E-state index in [9.17, 15) is 9.59 Å². The second-order valence-electron chi connectivity index (χ2n) is 8.88. The standard InChI is InChI=1S/C27H26Cl2N4O2/c28-20-11-7-10-19(16-20)27(18-8-3-1-4-9-18)22-17-21(29)12-13-23(22)30-25(34)24(32-27)31-26(35)33-14-5-2-6-15-33/h1,3-4,7-13,16-17,24,32H,2,5-6,14-15H2,(H,30,34)(H,31,35). The average Bonchev–Trinajstić information content (AvgIpc) is 3.00. The molecule has 1 fully saturated rings. The van der Waals surface area contributed by atoms with E-state index in [1.165, 1.54) is 0 Å². The number of halogens is 2. The molecule has 0 spiro atoms. The van der Waals surface area contributed by atoms with Crippen LogP contribution in [0.4, 0.5) is 10.5 Å². The molecule has 0 bridgehead atoms. The van der Waals surface area contributed by atoms with E-state index in [1.807, 2.05) is 54.6 Å². The van der Waals surface area contributed by atoms with E-state index in [4.69, 9.17) is 23.2 Å². The Morgan fingerprint density at radius 3 is 2.34 bits per heavy atom. The molecule has 2 aliphatic rings. The molecule has 1 saturated heterocycles. The van der Waals surface area contributed by atoms with Crippen molar-refractivity contribution >= 4 is 40.8 Å². The highest BCUT2D eigenvalue weighted by Gasteiger charge is 2.45. The first kappa shape index (κ1) is 23.7. The van der Waals surface area contributed by atoms with Crippen LogP contribution in [0.25, 0.3) is 0 Å². The lowest BCUT2D eigenvalue weighted by Gasteiger charge is -2.39. The molecule has 3 aromatic rings. The van der Waals surface area contributed by atoms with E-state index in [2.05, 4.69) is 16.0 Å². The molecule has 2 aliphatic heterocycles. The van der Waals surface area contributed by atoms with Gasteiger partial charge in [0, 0.05) is 34.4 Å². The Balaban J connectivity index is 1.68. The molecule has 0 saturated carbocycles. The van der Waals surface area contributed by atoms with Crippen LogP contribution in [0, 0.1) is 0 Å². The van der Waals surface area contributed by atoms with E-state index in [-0.39, 0.29) is 11.9 Å². The van der Waals surface area contributed by atoms with Gasteiger partial charge in [-0.2, -0.15) is 0 Å². The summed E-state index contributed by atoms with van der Waals surface area (Å²) in [6, 6.07) is 22.4. The Hall–Kier alpha value is -3.06. The zero-order valence-corrected chi connectivity index (χ0v) is 20.6. The molecule has 3 aromatic carbocycles. The molecule has 6 nitrogen and oxygen atoms in total. The molecule has 3 N–H and O–H groups in total. The monoisotopic (exact) mass is 508 g/mol. The third kappa shape index (κ3) is 4.61. The quantitative estimate of drug-likeness (QED) is 0.446. The minimum atomic E-state index is -1.04. The summed E-state index contributed by atoms with van der Waals surface area (Å²) in [5.74, 6) is -0.362. The van der Waals surface area contributed by atoms with Gasteiger partial charge in [-0.15, -0.1) is 0 Å². The van der Waals surface area contributed by atoms with Crippen LogP contribution in [-0.2, 0) is 10.3 Å². The van der Waals surface area contributed by atoms with E-state index in [0.717, 1.165) is 36.0 Å². The largest absolute Gasteiger partial charge is 0.325 e. The number of urea groups is 1. The summed E-state index contributed by atoms with van der Waals surface area (Å²) >= 11 is 12.9. The third-order valence-corrected chi connectivity index (χ3v) is 7.11. The van der Waals surface area contributed by atoms with Gasteiger partial charge in [-0.3, -0.25) is 10.1 Å². The van der Waals surface area contributed by atoms with Crippen molar-refractivity contribution < 1.29 is 9.59 Å². The average molecular weight is 509 g/mol. The van der Waals surface area contributed by atoms with Crippen LogP contribution in [0.3, 0.4) is 0 Å². The maximum atomic E-state index is 13.4. The number of benzene rings is 3. The molecule has 0 radical (unpaired) electrons. The Kier molecular flexibility index (Phi) is 6.69. The maximum Gasteiger partial charge on any atom is 0.319 e. The molecule has 2 atom stereocenters. The minimum absolute atomic E-state index is 0.269. The fraction of sp³-hybridized carbons (Fsp3) is 0.259. The number of hydrogen-bond acceptors (Lipinski definition) is 3. The van der Waals surface area contributed by atoms with Crippen molar-refractivity contribution in [3.8, 4) is 0 Å². The predicted molar refractivity (Wildman–Crippen MR) is 139 cm³/mol. The van der Waals surface area contributed by atoms with Crippen molar-refractivity contribution in [1.29, 1.82) is 0 Å². The van der Waals surface area contributed by atoms with Gasteiger partial charge in [0.25, 0.3) is 5.91 Å². The number of nitrogens with one attached hydrogen (secondary N) is 3. The predicted octanol–water partition coefficient (Wildman–Crippen LogP) is 5.35. The van der Waals surface area contributed by atoms with Crippen molar-refractivity contribution in [2.45, 2.75) is 31.0 Å². The molecular formula is C27H26Cl2N4O2. The number of piperidine rings is 1. The molecular weight excluding hydrogens is 483 g/mol. The zero-order chi connectivity index (χ0) is 24.4. The van der Waals surface area contributed by atoms with Gasteiger partial charge in [-0.05, 0) is 60.7 Å². The molecule has 2 unspecified atom stereocenters. The van der Waals surface area contributed by atoms with Crippen LogP contribution in [0.15, 0.2) is 72.8 Å². The molecule has 0 aliphatic carbocycles. The van der Waals surface area contributed by atoms with Gasteiger partial charge in [-0.1, -0.05) is 65.7 Å². The lowest BCUT2D eigenvalue weighted by molar-refractivity contribution is -0.118. The van der Waals surface area contributed by atoms with Crippen molar-refractivity contribution in [3.05, 3.63) is 99.5 Å². The highest BCUT2D eigenvalue weighted by Crippen LogP contribution is 2.43. The summed E-state index contributed by atoms with van der Waals surface area (Å²) in [6.45, 7) is 1.35. The van der Waals surface area contributed by atoms with Crippen LogP contribution in [0.5, 0.6) is 0 Å². The van der Waals surface area contributed by atoms with E-state index < -0.39 is 11.7 Å². The summed E-state index contributed by atoms with van der Waals surface area (Å²) in [5, 5.41) is 10.5. The highest BCUT2D eigenvalue weighted by atomic mass is 35.5. The van der Waals surface area contributed by atoms with E-state index >= 15 is 0 Å². The number of nitrogens with zero attached hydrogens (tertiary/aromatic N) is 1. The number of hydrogen-bond donors (Lipinski definition) is 3. The Morgan fingerprint density at radius 1 is 0.886 bits per heavy atom. The van der Waals surface area contributed by atoms with E-state index in [0.29, 0.717) is 28.8 Å². The second-order valence-corrected chi connectivity index (χ2v) is 9.75. The Morgan fingerprint density at radius 2 is 1.60 bits per heavy atom. The molecule has 3 amide bonds. The second kappa shape index (κ2) is 9.90. The summed E-state index contributed by atoms with van der Waals surface area (Å²) in [5.41, 5.74) is 2.01. The van der Waals surface area contributed by atoms with Crippen LogP contribution in [-0.4, -0.2) is 36.1 Å². The number of fused-ring (bicyclic) bond motifs is 1. The van der Waals surface area contributed by atoms with Gasteiger partial charge in [0.2, 0.25) is 0 Å². The van der Waals surface area contributed by atoms with Crippen molar-refractivity contribution in [3.63, 3.8) is 0 Å². The van der Waals surface area contributed by atoms with Gasteiger partial charge in [0.05, 0.1) is 5.54 Å².